The molecule has 2 aromatic carbocycles. The zero-order valence-corrected chi connectivity index (χ0v) is 16.5. The van der Waals surface area contributed by atoms with Crippen LogP contribution >= 0.6 is 0 Å². The quantitative estimate of drug-likeness (QED) is 0.537. The summed E-state index contributed by atoms with van der Waals surface area (Å²) in [5.41, 5.74) is 3.71. The monoisotopic (exact) mass is 401 g/mol. The summed E-state index contributed by atoms with van der Waals surface area (Å²) in [6.45, 7) is 3.64. The lowest BCUT2D eigenvalue weighted by atomic mass is 10.1. The molecule has 2 aromatic heterocycles. The molecule has 0 bridgehead atoms. The maximum absolute atomic E-state index is 12.7. The Morgan fingerprint density at radius 3 is 2.63 bits per heavy atom. The minimum absolute atomic E-state index is 0.206. The average molecular weight is 401 g/mol. The Hall–Kier alpha value is -3.58. The third-order valence-electron chi connectivity index (χ3n) is 5.36. The van der Waals surface area contributed by atoms with Crippen LogP contribution in [-0.2, 0) is 11.3 Å². The molecule has 1 aliphatic heterocycles. The van der Waals surface area contributed by atoms with E-state index in [0.29, 0.717) is 31.3 Å². The van der Waals surface area contributed by atoms with Crippen LogP contribution < -0.4 is 10.2 Å². The van der Waals surface area contributed by atoms with Crippen molar-refractivity contribution >= 4 is 28.3 Å². The molecule has 1 fully saturated rings. The third-order valence-corrected chi connectivity index (χ3v) is 5.36. The summed E-state index contributed by atoms with van der Waals surface area (Å²) in [6, 6.07) is 20.0. The molecule has 0 atom stereocenters. The van der Waals surface area contributed by atoms with Crippen molar-refractivity contribution < 1.29 is 9.53 Å². The van der Waals surface area contributed by atoms with Gasteiger partial charge in [-0.2, -0.15) is 5.10 Å². The van der Waals surface area contributed by atoms with Crippen LogP contribution in [0.4, 0.5) is 11.5 Å². The predicted octanol–water partition coefficient (Wildman–Crippen LogP) is 3.50. The van der Waals surface area contributed by atoms with Gasteiger partial charge in [0.2, 0.25) is 0 Å². The van der Waals surface area contributed by atoms with Gasteiger partial charge < -0.3 is 19.9 Å². The van der Waals surface area contributed by atoms with Crippen LogP contribution in [0.15, 0.2) is 66.9 Å². The molecule has 0 aliphatic carbocycles. The number of fused-ring (bicyclic) bond motifs is 1. The Labute approximate surface area is 174 Å². The van der Waals surface area contributed by atoms with Crippen LogP contribution in [0, 0.1) is 0 Å². The fraction of sp³-hybridized carbons (Fsp3) is 0.217. The maximum Gasteiger partial charge on any atom is 0.273 e. The number of H-pyrrole nitrogens is 1. The first kappa shape index (κ1) is 18.4. The van der Waals surface area contributed by atoms with Gasteiger partial charge in [0, 0.05) is 19.3 Å². The third kappa shape index (κ3) is 3.55. The van der Waals surface area contributed by atoms with Gasteiger partial charge >= 0.3 is 0 Å². The molecule has 152 valence electrons. The minimum atomic E-state index is -0.206. The molecule has 1 amide bonds. The first-order chi connectivity index (χ1) is 14.8. The molecule has 4 aromatic rings. The molecule has 3 heterocycles. The highest BCUT2D eigenvalue weighted by Gasteiger charge is 2.21. The lowest BCUT2D eigenvalue weighted by Crippen LogP contribution is -2.36. The summed E-state index contributed by atoms with van der Waals surface area (Å²) in [5.74, 6) is 0.366. The van der Waals surface area contributed by atoms with Crippen molar-refractivity contribution in [1.29, 1.82) is 0 Å². The zero-order valence-electron chi connectivity index (χ0n) is 16.5. The highest BCUT2D eigenvalue weighted by Crippen LogP contribution is 2.34. The van der Waals surface area contributed by atoms with Crippen molar-refractivity contribution in [2.24, 2.45) is 0 Å². The fourth-order valence-electron chi connectivity index (χ4n) is 3.89. The number of hydrogen-bond donors (Lipinski definition) is 2. The van der Waals surface area contributed by atoms with Gasteiger partial charge in [0.25, 0.3) is 5.91 Å². The molecule has 1 aliphatic rings. The van der Waals surface area contributed by atoms with Crippen LogP contribution in [0.2, 0.25) is 0 Å². The Morgan fingerprint density at radius 2 is 1.87 bits per heavy atom. The number of nitrogens with zero attached hydrogens (tertiary/aromatic N) is 3. The molecular formula is C23H23N5O2. The number of anilines is 2. The van der Waals surface area contributed by atoms with Crippen LogP contribution in [-0.4, -0.2) is 47.0 Å². The molecule has 0 unspecified atom stereocenters. The van der Waals surface area contributed by atoms with E-state index in [9.17, 15) is 4.79 Å². The molecule has 2 N–H and O–H groups in total. The second-order valence-electron chi connectivity index (χ2n) is 7.30. The van der Waals surface area contributed by atoms with Crippen molar-refractivity contribution in [3.05, 3.63) is 78.1 Å². The van der Waals surface area contributed by atoms with Crippen molar-refractivity contribution in [2.75, 3.05) is 36.5 Å². The molecule has 7 nitrogen and oxygen atoms in total. The first-order valence-electron chi connectivity index (χ1n) is 10.1. The normalized spacial score (nSPS) is 14.2. The highest BCUT2D eigenvalue weighted by molar-refractivity contribution is 6.10. The summed E-state index contributed by atoms with van der Waals surface area (Å²) >= 11 is 0. The number of ether oxygens (including phenoxy) is 1. The van der Waals surface area contributed by atoms with Gasteiger partial charge in [-0.25, -0.2) is 0 Å². The summed E-state index contributed by atoms with van der Waals surface area (Å²) in [6.07, 6.45) is 1.74. The number of nitrogens with one attached hydrogen (secondary N) is 2. The van der Waals surface area contributed by atoms with E-state index in [1.165, 1.54) is 0 Å². The molecule has 7 heteroatoms. The predicted molar refractivity (Wildman–Crippen MR) is 117 cm³/mol. The number of carbonyl (C=O) groups excluding carboxylic acids is 1. The van der Waals surface area contributed by atoms with E-state index >= 15 is 0 Å². The summed E-state index contributed by atoms with van der Waals surface area (Å²) in [4.78, 5) is 18.0. The number of rotatable bonds is 5. The van der Waals surface area contributed by atoms with E-state index in [0.717, 1.165) is 35.2 Å². The molecule has 5 rings (SSSR count). The summed E-state index contributed by atoms with van der Waals surface area (Å²) < 4.78 is 7.48. The number of aromatic amines is 1. The standard InChI is InChI=1S/C23H23N5O2/c29-23(18-8-5-11-24-18)25-22-21-19(27-12-14-30-15-13-27)9-4-10-20(21)28(26-22)16-17-6-2-1-3-7-17/h1-11,24H,12-16H2,(H,25,26,29). The Balaban J connectivity index is 1.59. The van der Waals surface area contributed by atoms with E-state index in [1.807, 2.05) is 28.9 Å². The number of carbonyl (C=O) groups is 1. The highest BCUT2D eigenvalue weighted by atomic mass is 16.5. The number of amides is 1. The molecule has 1 saturated heterocycles. The van der Waals surface area contributed by atoms with Crippen LogP contribution in [0.25, 0.3) is 10.9 Å². The van der Waals surface area contributed by atoms with Crippen molar-refractivity contribution in [3.8, 4) is 0 Å². The second-order valence-corrected chi connectivity index (χ2v) is 7.30. The summed E-state index contributed by atoms with van der Waals surface area (Å²) in [7, 11) is 0. The minimum Gasteiger partial charge on any atom is -0.378 e. The SMILES string of the molecule is O=C(Nc1nn(Cc2ccccc2)c2cccc(N3CCOCC3)c12)c1ccc[nH]1. The fourth-order valence-corrected chi connectivity index (χ4v) is 3.89. The van der Waals surface area contributed by atoms with Crippen LogP contribution in [0.3, 0.4) is 0 Å². The topological polar surface area (TPSA) is 75.2 Å². The zero-order chi connectivity index (χ0) is 20.3. The first-order valence-corrected chi connectivity index (χ1v) is 10.1. The van der Waals surface area contributed by atoms with Gasteiger partial charge in [0.15, 0.2) is 5.82 Å². The van der Waals surface area contributed by atoms with E-state index in [1.54, 1.807) is 18.3 Å². The molecule has 0 spiro atoms. The van der Waals surface area contributed by atoms with Gasteiger partial charge in [0.1, 0.15) is 5.69 Å². The van der Waals surface area contributed by atoms with Crippen LogP contribution in [0.1, 0.15) is 16.1 Å². The van der Waals surface area contributed by atoms with Crippen molar-refractivity contribution in [1.82, 2.24) is 14.8 Å². The Bertz CT molecular complexity index is 1150. The van der Waals surface area contributed by atoms with Gasteiger partial charge in [0.05, 0.1) is 36.3 Å². The van der Waals surface area contributed by atoms with Gasteiger partial charge in [-0.15, -0.1) is 0 Å². The smallest absolute Gasteiger partial charge is 0.273 e. The van der Waals surface area contributed by atoms with E-state index in [4.69, 9.17) is 9.84 Å². The van der Waals surface area contributed by atoms with Crippen LogP contribution in [0.5, 0.6) is 0 Å². The molecule has 30 heavy (non-hydrogen) atoms. The van der Waals surface area contributed by atoms with Gasteiger partial charge in [-0.05, 0) is 29.8 Å². The lowest BCUT2D eigenvalue weighted by molar-refractivity contribution is 0.102. The van der Waals surface area contributed by atoms with Crippen molar-refractivity contribution in [3.63, 3.8) is 0 Å². The molecule has 0 radical (unpaired) electrons. The number of hydrogen-bond acceptors (Lipinski definition) is 4. The largest absolute Gasteiger partial charge is 0.378 e. The van der Waals surface area contributed by atoms with E-state index < -0.39 is 0 Å². The van der Waals surface area contributed by atoms with E-state index in [-0.39, 0.29) is 5.91 Å². The Kier molecular flexibility index (Phi) is 4.94. The number of aromatic nitrogens is 3. The Morgan fingerprint density at radius 1 is 1.03 bits per heavy atom. The molecule has 0 saturated carbocycles. The molecular weight excluding hydrogens is 378 g/mol. The maximum atomic E-state index is 12.7. The number of morpholine rings is 1. The summed E-state index contributed by atoms with van der Waals surface area (Å²) in [5, 5.41) is 8.77. The van der Waals surface area contributed by atoms with E-state index in [2.05, 4.69) is 39.5 Å². The lowest BCUT2D eigenvalue weighted by Gasteiger charge is -2.29. The van der Waals surface area contributed by atoms with Crippen molar-refractivity contribution in [2.45, 2.75) is 6.54 Å². The second kappa shape index (κ2) is 8.04. The average Bonchev–Trinajstić information content (AvgIpc) is 3.44. The van der Waals surface area contributed by atoms with Gasteiger partial charge in [-0.3, -0.25) is 9.48 Å². The number of benzene rings is 2. The van der Waals surface area contributed by atoms with Gasteiger partial charge in [-0.1, -0.05) is 36.4 Å².